The summed E-state index contributed by atoms with van der Waals surface area (Å²) in [7, 11) is 0. The number of nitrogens with two attached hydrogens (primary N) is 1. The Morgan fingerprint density at radius 3 is 2.88 bits per heavy atom. The minimum atomic E-state index is -0.287. The van der Waals surface area contributed by atoms with Gasteiger partial charge < -0.3 is 16.2 Å². The molecule has 0 saturated heterocycles. The largest absolute Gasteiger partial charge is 0.391 e. The van der Waals surface area contributed by atoms with Crippen LogP contribution in [0.15, 0.2) is 6.33 Å². The Balaban J connectivity index is 2.14. The maximum atomic E-state index is 9.93. The normalized spacial score (nSPS) is 24.6. The van der Waals surface area contributed by atoms with Gasteiger partial charge >= 0.3 is 0 Å². The molecule has 17 heavy (non-hydrogen) atoms. The molecule has 1 aromatic rings. The second kappa shape index (κ2) is 5.31. The van der Waals surface area contributed by atoms with Gasteiger partial charge in [0.25, 0.3) is 0 Å². The van der Waals surface area contributed by atoms with Gasteiger partial charge in [0.2, 0.25) is 0 Å². The first-order chi connectivity index (χ1) is 8.22. The molecule has 1 aliphatic carbocycles. The smallest absolute Gasteiger partial charge is 0.135 e. The van der Waals surface area contributed by atoms with Crippen molar-refractivity contribution >= 4 is 11.6 Å². The van der Waals surface area contributed by atoms with Crippen LogP contribution < -0.4 is 11.1 Å². The van der Waals surface area contributed by atoms with Crippen LogP contribution in [0.3, 0.4) is 0 Å². The SMILES string of the molecule is CCc1c(N)ncnc1NC1CCCCC1O. The zero-order chi connectivity index (χ0) is 12.3. The lowest BCUT2D eigenvalue weighted by molar-refractivity contribution is 0.116. The third-order valence-electron chi connectivity index (χ3n) is 3.38. The van der Waals surface area contributed by atoms with Crippen molar-refractivity contribution in [2.45, 2.75) is 51.2 Å². The lowest BCUT2D eigenvalue weighted by Gasteiger charge is -2.29. The van der Waals surface area contributed by atoms with E-state index in [2.05, 4.69) is 15.3 Å². The number of aliphatic hydroxyl groups is 1. The molecule has 1 saturated carbocycles. The molecule has 0 bridgehead atoms. The van der Waals surface area contributed by atoms with E-state index in [1.54, 1.807) is 0 Å². The van der Waals surface area contributed by atoms with Crippen molar-refractivity contribution in [3.05, 3.63) is 11.9 Å². The molecule has 0 amide bonds. The number of nitrogens with one attached hydrogen (secondary N) is 1. The second-order valence-corrected chi connectivity index (χ2v) is 4.54. The Bertz CT molecular complexity index is 383. The molecule has 2 atom stereocenters. The Kier molecular flexibility index (Phi) is 3.78. The molecule has 0 radical (unpaired) electrons. The first kappa shape index (κ1) is 12.1. The number of aromatic nitrogens is 2. The first-order valence-corrected chi connectivity index (χ1v) is 6.26. The summed E-state index contributed by atoms with van der Waals surface area (Å²) in [5.74, 6) is 1.29. The van der Waals surface area contributed by atoms with Gasteiger partial charge in [-0.2, -0.15) is 0 Å². The minimum Gasteiger partial charge on any atom is -0.391 e. The number of rotatable bonds is 3. The van der Waals surface area contributed by atoms with Gasteiger partial charge in [-0.15, -0.1) is 0 Å². The van der Waals surface area contributed by atoms with Crippen LogP contribution in [0.25, 0.3) is 0 Å². The fourth-order valence-corrected chi connectivity index (χ4v) is 2.35. The molecule has 2 unspecified atom stereocenters. The van der Waals surface area contributed by atoms with Crippen molar-refractivity contribution in [2.75, 3.05) is 11.1 Å². The molecule has 1 aliphatic rings. The van der Waals surface area contributed by atoms with Gasteiger partial charge in [-0.3, -0.25) is 0 Å². The molecule has 1 heterocycles. The van der Waals surface area contributed by atoms with Crippen molar-refractivity contribution in [2.24, 2.45) is 0 Å². The zero-order valence-electron chi connectivity index (χ0n) is 10.2. The highest BCUT2D eigenvalue weighted by Crippen LogP contribution is 2.24. The van der Waals surface area contributed by atoms with Gasteiger partial charge in [-0.1, -0.05) is 19.8 Å². The van der Waals surface area contributed by atoms with Crippen LogP contribution in [-0.2, 0) is 6.42 Å². The number of nitrogen functional groups attached to an aromatic ring is 1. The van der Waals surface area contributed by atoms with Crippen molar-refractivity contribution in [3.8, 4) is 0 Å². The van der Waals surface area contributed by atoms with E-state index in [9.17, 15) is 5.11 Å². The van der Waals surface area contributed by atoms with Crippen molar-refractivity contribution in [1.29, 1.82) is 0 Å². The molecule has 5 heteroatoms. The van der Waals surface area contributed by atoms with Crippen molar-refractivity contribution < 1.29 is 5.11 Å². The maximum Gasteiger partial charge on any atom is 0.135 e. The summed E-state index contributed by atoms with van der Waals surface area (Å²) in [4.78, 5) is 8.21. The summed E-state index contributed by atoms with van der Waals surface area (Å²) < 4.78 is 0. The van der Waals surface area contributed by atoms with Crippen LogP contribution in [0.1, 0.15) is 38.2 Å². The van der Waals surface area contributed by atoms with Gasteiger partial charge in [0.05, 0.1) is 12.1 Å². The molecule has 1 aromatic heterocycles. The van der Waals surface area contributed by atoms with Crippen LogP contribution in [0.4, 0.5) is 11.6 Å². The Labute approximate surface area is 101 Å². The molecule has 5 nitrogen and oxygen atoms in total. The summed E-state index contributed by atoms with van der Waals surface area (Å²) in [6.07, 6.45) is 6.06. The monoisotopic (exact) mass is 236 g/mol. The number of hydrogen-bond donors (Lipinski definition) is 3. The minimum absolute atomic E-state index is 0.0864. The Morgan fingerprint density at radius 1 is 1.41 bits per heavy atom. The predicted octanol–water partition coefficient (Wildman–Crippen LogP) is 1.34. The Hall–Kier alpha value is -1.36. The van der Waals surface area contributed by atoms with Crippen LogP contribution in [0.2, 0.25) is 0 Å². The number of aliphatic hydroxyl groups excluding tert-OH is 1. The lowest BCUT2D eigenvalue weighted by Crippen LogP contribution is -2.37. The fourth-order valence-electron chi connectivity index (χ4n) is 2.35. The average molecular weight is 236 g/mol. The van der Waals surface area contributed by atoms with Gasteiger partial charge in [0, 0.05) is 5.56 Å². The third kappa shape index (κ3) is 2.66. The first-order valence-electron chi connectivity index (χ1n) is 6.26. The quantitative estimate of drug-likeness (QED) is 0.737. The molecule has 0 aliphatic heterocycles. The van der Waals surface area contributed by atoms with Gasteiger partial charge in [-0.05, 0) is 19.3 Å². The van der Waals surface area contributed by atoms with E-state index < -0.39 is 0 Å². The van der Waals surface area contributed by atoms with Crippen LogP contribution in [0, 0.1) is 0 Å². The summed E-state index contributed by atoms with van der Waals surface area (Å²) in [5.41, 5.74) is 6.75. The highest BCUT2D eigenvalue weighted by Gasteiger charge is 2.24. The fraction of sp³-hybridized carbons (Fsp3) is 0.667. The molecule has 4 N–H and O–H groups in total. The predicted molar refractivity (Wildman–Crippen MR) is 67.7 cm³/mol. The average Bonchev–Trinajstić information content (AvgIpc) is 2.32. The number of hydrogen-bond acceptors (Lipinski definition) is 5. The van der Waals surface area contributed by atoms with Gasteiger partial charge in [-0.25, -0.2) is 9.97 Å². The number of nitrogens with zero attached hydrogens (tertiary/aromatic N) is 2. The topological polar surface area (TPSA) is 84.1 Å². The van der Waals surface area contributed by atoms with Crippen LogP contribution in [-0.4, -0.2) is 27.2 Å². The molecular formula is C12H20N4O. The lowest BCUT2D eigenvalue weighted by atomic mass is 9.92. The van der Waals surface area contributed by atoms with E-state index in [1.165, 1.54) is 6.33 Å². The third-order valence-corrected chi connectivity index (χ3v) is 3.38. The van der Waals surface area contributed by atoms with E-state index in [4.69, 9.17) is 5.73 Å². The number of anilines is 2. The molecule has 94 valence electrons. The molecular weight excluding hydrogens is 216 g/mol. The summed E-state index contributed by atoms with van der Waals surface area (Å²) >= 11 is 0. The van der Waals surface area contributed by atoms with E-state index >= 15 is 0 Å². The standard InChI is InChI=1S/C12H20N4O/c1-2-8-11(13)14-7-15-12(8)16-9-5-3-4-6-10(9)17/h7,9-10,17H,2-6H2,1H3,(H3,13,14,15,16). The van der Waals surface area contributed by atoms with Gasteiger partial charge in [0.15, 0.2) is 0 Å². The van der Waals surface area contributed by atoms with Crippen molar-refractivity contribution in [1.82, 2.24) is 9.97 Å². The maximum absolute atomic E-state index is 9.93. The zero-order valence-corrected chi connectivity index (χ0v) is 10.2. The van der Waals surface area contributed by atoms with E-state index in [0.29, 0.717) is 5.82 Å². The van der Waals surface area contributed by atoms with Crippen LogP contribution in [0.5, 0.6) is 0 Å². The molecule has 0 aromatic carbocycles. The molecule has 2 rings (SSSR count). The molecule has 1 fully saturated rings. The second-order valence-electron chi connectivity index (χ2n) is 4.54. The highest BCUT2D eigenvalue weighted by atomic mass is 16.3. The van der Waals surface area contributed by atoms with E-state index in [-0.39, 0.29) is 12.1 Å². The van der Waals surface area contributed by atoms with Crippen LogP contribution >= 0.6 is 0 Å². The molecule has 0 spiro atoms. The summed E-state index contributed by atoms with van der Waals surface area (Å²) in [6.45, 7) is 2.03. The Morgan fingerprint density at radius 2 is 2.18 bits per heavy atom. The summed E-state index contributed by atoms with van der Waals surface area (Å²) in [5, 5.41) is 13.2. The van der Waals surface area contributed by atoms with Crippen molar-refractivity contribution in [3.63, 3.8) is 0 Å². The highest BCUT2D eigenvalue weighted by molar-refractivity contribution is 5.55. The van der Waals surface area contributed by atoms with Gasteiger partial charge in [0.1, 0.15) is 18.0 Å². The van der Waals surface area contributed by atoms with E-state index in [1.807, 2.05) is 6.92 Å². The summed E-state index contributed by atoms with van der Waals surface area (Å²) in [6, 6.07) is 0.0864. The van der Waals surface area contributed by atoms with E-state index in [0.717, 1.165) is 43.5 Å².